The second-order valence-corrected chi connectivity index (χ2v) is 9.99. The van der Waals surface area contributed by atoms with Gasteiger partial charge in [-0.1, -0.05) is 23.8 Å². The minimum Gasteiger partial charge on any atom is -0.486 e. The van der Waals surface area contributed by atoms with Crippen molar-refractivity contribution in [3.63, 3.8) is 0 Å². The van der Waals surface area contributed by atoms with E-state index in [0.29, 0.717) is 42.5 Å². The predicted octanol–water partition coefficient (Wildman–Crippen LogP) is 3.65. The molecule has 8 heteroatoms. The number of benzene rings is 2. The molecule has 0 bridgehead atoms. The fraction of sp³-hybridized carbons (Fsp3) is 0.375. The zero-order valence-corrected chi connectivity index (χ0v) is 19.0. The van der Waals surface area contributed by atoms with Crippen molar-refractivity contribution in [2.45, 2.75) is 32.2 Å². The van der Waals surface area contributed by atoms with E-state index >= 15 is 0 Å². The van der Waals surface area contributed by atoms with Crippen LogP contribution in [0.1, 0.15) is 41.6 Å². The molecule has 0 atom stereocenters. The summed E-state index contributed by atoms with van der Waals surface area (Å²) in [4.78, 5) is 12.5. The van der Waals surface area contributed by atoms with Crippen LogP contribution in [0.15, 0.2) is 54.1 Å². The third kappa shape index (κ3) is 5.43. The summed E-state index contributed by atoms with van der Waals surface area (Å²) in [5, 5.41) is 2.97. The van der Waals surface area contributed by atoms with Crippen LogP contribution in [0.4, 0.5) is 5.69 Å². The lowest BCUT2D eigenvalue weighted by atomic mass is 9.99. The summed E-state index contributed by atoms with van der Waals surface area (Å²) in [6.45, 7) is 1.62. The molecule has 2 aliphatic rings. The molecule has 7 nitrogen and oxygen atoms in total. The molecule has 1 aliphatic carbocycles. The number of ether oxygens (including phenoxy) is 2. The number of fused-ring (bicyclic) bond motifs is 1. The molecule has 0 aromatic heterocycles. The number of carbonyl (C=O) groups is 1. The summed E-state index contributed by atoms with van der Waals surface area (Å²) in [6, 6.07) is 12.1. The quantitative estimate of drug-likeness (QED) is 0.643. The van der Waals surface area contributed by atoms with Crippen LogP contribution < -0.4 is 19.1 Å². The van der Waals surface area contributed by atoms with E-state index < -0.39 is 10.0 Å². The summed E-state index contributed by atoms with van der Waals surface area (Å²) >= 11 is 0. The maximum Gasteiger partial charge on any atom is 0.251 e. The first-order valence-electron chi connectivity index (χ1n) is 10.8. The molecule has 2 aromatic rings. The monoisotopic (exact) mass is 456 g/mol. The normalized spacial score (nSPS) is 15.6. The Morgan fingerprint density at radius 2 is 1.78 bits per heavy atom. The largest absolute Gasteiger partial charge is 0.486 e. The molecule has 1 heterocycles. The van der Waals surface area contributed by atoms with Gasteiger partial charge in [-0.25, -0.2) is 8.42 Å². The average molecular weight is 457 g/mol. The number of amides is 1. The topological polar surface area (TPSA) is 84.9 Å². The van der Waals surface area contributed by atoms with Gasteiger partial charge in [0.15, 0.2) is 11.5 Å². The molecule has 1 N–H and O–H groups in total. The van der Waals surface area contributed by atoms with E-state index in [1.54, 1.807) is 42.5 Å². The van der Waals surface area contributed by atoms with E-state index in [0.717, 1.165) is 18.4 Å². The number of carbonyl (C=O) groups excluding carboxylic acids is 1. The molecular formula is C24H28N2O5S. The fourth-order valence-corrected chi connectivity index (χ4v) is 4.76. The molecule has 1 aliphatic heterocycles. The number of anilines is 1. The molecule has 0 saturated heterocycles. The highest BCUT2D eigenvalue weighted by molar-refractivity contribution is 7.92. The van der Waals surface area contributed by atoms with Crippen molar-refractivity contribution >= 4 is 21.6 Å². The summed E-state index contributed by atoms with van der Waals surface area (Å²) in [6.07, 6.45) is 7.91. The lowest BCUT2D eigenvalue weighted by molar-refractivity contribution is 0.0956. The van der Waals surface area contributed by atoms with Crippen molar-refractivity contribution in [3.05, 3.63) is 65.2 Å². The van der Waals surface area contributed by atoms with E-state index in [4.69, 9.17) is 9.47 Å². The Morgan fingerprint density at radius 3 is 2.47 bits per heavy atom. The van der Waals surface area contributed by atoms with Crippen molar-refractivity contribution in [1.82, 2.24) is 5.32 Å². The van der Waals surface area contributed by atoms with E-state index in [1.165, 1.54) is 29.0 Å². The Bertz CT molecular complexity index is 1110. The van der Waals surface area contributed by atoms with Crippen LogP contribution in [-0.4, -0.2) is 40.3 Å². The molecular weight excluding hydrogens is 428 g/mol. The summed E-state index contributed by atoms with van der Waals surface area (Å²) in [5.74, 6) is 1.00. The Hall–Kier alpha value is -3.00. The minimum atomic E-state index is -3.54. The summed E-state index contributed by atoms with van der Waals surface area (Å²) < 4.78 is 37.4. The van der Waals surface area contributed by atoms with Gasteiger partial charge in [-0.2, -0.15) is 0 Å². The highest BCUT2D eigenvalue weighted by atomic mass is 32.2. The molecule has 170 valence electrons. The molecule has 32 heavy (non-hydrogen) atoms. The van der Waals surface area contributed by atoms with Gasteiger partial charge in [0, 0.05) is 18.2 Å². The SMILES string of the molecule is CS(=O)(=O)N(Cc1ccc(C(=O)NCC2=CCCCC2)cc1)c1ccc2c(c1)OCCO2. The van der Waals surface area contributed by atoms with Crippen molar-refractivity contribution in [3.8, 4) is 11.5 Å². The van der Waals surface area contributed by atoms with Gasteiger partial charge in [0.05, 0.1) is 18.5 Å². The van der Waals surface area contributed by atoms with Crippen LogP contribution >= 0.6 is 0 Å². The van der Waals surface area contributed by atoms with E-state index in [-0.39, 0.29) is 12.5 Å². The number of rotatable bonds is 7. The van der Waals surface area contributed by atoms with Gasteiger partial charge >= 0.3 is 0 Å². The molecule has 0 spiro atoms. The van der Waals surface area contributed by atoms with E-state index in [2.05, 4.69) is 11.4 Å². The van der Waals surface area contributed by atoms with Crippen molar-refractivity contribution in [1.29, 1.82) is 0 Å². The number of nitrogens with zero attached hydrogens (tertiary/aromatic N) is 1. The Kier molecular flexibility index (Phi) is 6.69. The lowest BCUT2D eigenvalue weighted by Gasteiger charge is -2.25. The first-order valence-corrected chi connectivity index (χ1v) is 12.7. The summed E-state index contributed by atoms with van der Waals surface area (Å²) in [7, 11) is -3.54. The van der Waals surface area contributed by atoms with Gasteiger partial charge in [-0.15, -0.1) is 0 Å². The Balaban J connectivity index is 1.45. The van der Waals surface area contributed by atoms with Gasteiger partial charge in [0.25, 0.3) is 5.91 Å². The number of hydrogen-bond acceptors (Lipinski definition) is 5. The minimum absolute atomic E-state index is 0.130. The predicted molar refractivity (Wildman–Crippen MR) is 124 cm³/mol. The fourth-order valence-electron chi connectivity index (χ4n) is 3.88. The van der Waals surface area contributed by atoms with Crippen molar-refractivity contribution < 1.29 is 22.7 Å². The van der Waals surface area contributed by atoms with Crippen LogP contribution in [-0.2, 0) is 16.6 Å². The van der Waals surface area contributed by atoms with Gasteiger partial charge in [0.2, 0.25) is 10.0 Å². The zero-order chi connectivity index (χ0) is 22.6. The first-order chi connectivity index (χ1) is 15.4. The van der Waals surface area contributed by atoms with Gasteiger partial charge in [0.1, 0.15) is 13.2 Å². The molecule has 4 rings (SSSR count). The molecule has 0 radical (unpaired) electrons. The third-order valence-corrected chi connectivity index (χ3v) is 6.76. The van der Waals surface area contributed by atoms with Crippen LogP contribution in [0.2, 0.25) is 0 Å². The van der Waals surface area contributed by atoms with Gasteiger partial charge < -0.3 is 14.8 Å². The smallest absolute Gasteiger partial charge is 0.251 e. The standard InChI is InChI=1S/C24H28N2O5S/c1-32(28,29)26(21-11-12-22-23(15-21)31-14-13-30-22)17-19-7-9-20(10-8-19)24(27)25-16-18-5-3-2-4-6-18/h5,7-12,15H,2-4,6,13-14,16-17H2,1H3,(H,25,27). The highest BCUT2D eigenvalue weighted by Crippen LogP contribution is 2.35. The van der Waals surface area contributed by atoms with E-state index in [9.17, 15) is 13.2 Å². The first kappa shape index (κ1) is 22.2. The Labute approximate surface area is 189 Å². The van der Waals surface area contributed by atoms with Crippen molar-refractivity contribution in [2.75, 3.05) is 30.3 Å². The third-order valence-electron chi connectivity index (χ3n) is 5.62. The second kappa shape index (κ2) is 9.65. The maximum atomic E-state index is 12.5. The molecule has 2 aromatic carbocycles. The Morgan fingerprint density at radius 1 is 1.03 bits per heavy atom. The molecule has 0 fully saturated rings. The molecule has 0 saturated carbocycles. The summed E-state index contributed by atoms with van der Waals surface area (Å²) in [5.41, 5.74) is 3.11. The van der Waals surface area contributed by atoms with E-state index in [1.807, 2.05) is 0 Å². The maximum absolute atomic E-state index is 12.5. The van der Waals surface area contributed by atoms with Crippen LogP contribution in [0.3, 0.4) is 0 Å². The van der Waals surface area contributed by atoms with Crippen LogP contribution in [0.5, 0.6) is 11.5 Å². The second-order valence-electron chi connectivity index (χ2n) is 8.09. The zero-order valence-electron chi connectivity index (χ0n) is 18.2. The number of allylic oxidation sites excluding steroid dienone is 1. The number of sulfonamides is 1. The van der Waals surface area contributed by atoms with Crippen molar-refractivity contribution in [2.24, 2.45) is 0 Å². The highest BCUT2D eigenvalue weighted by Gasteiger charge is 2.21. The lowest BCUT2D eigenvalue weighted by Crippen LogP contribution is -2.29. The number of hydrogen-bond donors (Lipinski definition) is 1. The van der Waals surface area contributed by atoms with Gasteiger partial charge in [-0.05, 0) is 55.5 Å². The molecule has 0 unspecified atom stereocenters. The van der Waals surface area contributed by atoms with Crippen LogP contribution in [0.25, 0.3) is 0 Å². The molecule has 1 amide bonds. The average Bonchev–Trinajstić information content (AvgIpc) is 2.81. The van der Waals surface area contributed by atoms with Crippen LogP contribution in [0, 0.1) is 0 Å². The van der Waals surface area contributed by atoms with Gasteiger partial charge in [-0.3, -0.25) is 9.10 Å². The number of nitrogens with one attached hydrogen (secondary N) is 1.